The van der Waals surface area contributed by atoms with Crippen molar-refractivity contribution in [3.8, 4) is 0 Å². The number of hydrogen-bond acceptors (Lipinski definition) is 5. The lowest BCUT2D eigenvalue weighted by molar-refractivity contribution is -0.146. The van der Waals surface area contributed by atoms with E-state index in [1.807, 2.05) is 35.2 Å². The number of carboxylic acid groups (broad SMARTS) is 1. The van der Waals surface area contributed by atoms with Crippen LogP contribution in [0.15, 0.2) is 48.7 Å². The van der Waals surface area contributed by atoms with Gasteiger partial charge in [-0.25, -0.2) is 4.98 Å². The Morgan fingerprint density at radius 2 is 1.83 bits per heavy atom. The van der Waals surface area contributed by atoms with E-state index in [0.717, 1.165) is 5.56 Å². The number of nitrogens with two attached hydrogens (primary N) is 1. The molecule has 1 saturated heterocycles. The van der Waals surface area contributed by atoms with Crippen LogP contribution in [0.1, 0.15) is 30.0 Å². The van der Waals surface area contributed by atoms with Gasteiger partial charge in [0.2, 0.25) is 0 Å². The minimum atomic E-state index is -0.924. The van der Waals surface area contributed by atoms with Gasteiger partial charge >= 0.3 is 5.97 Å². The quantitative estimate of drug-likeness (QED) is 0.791. The first-order valence-electron chi connectivity index (χ1n) is 7.96. The summed E-state index contributed by atoms with van der Waals surface area (Å²) in [5, 5.41) is 20.5. The Labute approximate surface area is 140 Å². The van der Waals surface area contributed by atoms with Crippen LogP contribution in [0.25, 0.3) is 0 Å². The molecule has 1 fully saturated rings. The second-order valence-electron chi connectivity index (χ2n) is 6.19. The zero-order chi connectivity index (χ0) is 17.2. The molecular weight excluding hydrogens is 306 g/mol. The smallest absolute Gasteiger partial charge is 0.325 e. The highest BCUT2D eigenvalue weighted by atomic mass is 16.4. The molecule has 1 aliphatic rings. The fourth-order valence-electron chi connectivity index (χ4n) is 3.28. The van der Waals surface area contributed by atoms with Crippen molar-refractivity contribution in [3.05, 3.63) is 59.8 Å². The first-order valence-corrected chi connectivity index (χ1v) is 7.96. The molecule has 2 aromatic rings. The summed E-state index contributed by atoms with van der Waals surface area (Å²) in [5.41, 5.74) is 6.15. The highest BCUT2D eigenvalue weighted by Crippen LogP contribution is 2.35. The second kappa shape index (κ2) is 6.59. The molecule has 126 valence electrons. The minimum Gasteiger partial charge on any atom is -0.480 e. The standard InChI is InChI=1S/C18H21N3O3/c19-15-7-6-13(12-20-15)16(17(22)23)21-10-8-18(24,9-11-21)14-4-2-1-3-5-14/h1-7,12,16,24H,8-11H2,(H2,19,20)(H,22,23)/t16-/m0/s1. The monoisotopic (exact) mass is 327 g/mol. The second-order valence-corrected chi connectivity index (χ2v) is 6.19. The number of carbonyl (C=O) groups is 1. The van der Waals surface area contributed by atoms with Gasteiger partial charge in [-0.1, -0.05) is 36.4 Å². The van der Waals surface area contributed by atoms with Crippen molar-refractivity contribution in [1.82, 2.24) is 9.88 Å². The average Bonchev–Trinajstić information content (AvgIpc) is 2.59. The summed E-state index contributed by atoms with van der Waals surface area (Å²) in [5.74, 6) is -0.563. The highest BCUT2D eigenvalue weighted by Gasteiger charge is 2.38. The molecule has 6 nitrogen and oxygen atoms in total. The lowest BCUT2D eigenvalue weighted by atomic mass is 9.84. The molecule has 0 spiro atoms. The fraction of sp³-hybridized carbons (Fsp3) is 0.333. The molecule has 0 unspecified atom stereocenters. The summed E-state index contributed by atoms with van der Waals surface area (Å²) < 4.78 is 0. The Morgan fingerprint density at radius 1 is 1.17 bits per heavy atom. The van der Waals surface area contributed by atoms with Gasteiger partial charge in [0.15, 0.2) is 0 Å². The van der Waals surface area contributed by atoms with Gasteiger partial charge in [0, 0.05) is 19.3 Å². The van der Waals surface area contributed by atoms with E-state index in [1.165, 1.54) is 6.20 Å². The Hall–Kier alpha value is -2.44. The van der Waals surface area contributed by atoms with E-state index in [0.29, 0.717) is 37.3 Å². The van der Waals surface area contributed by atoms with Crippen molar-refractivity contribution in [2.75, 3.05) is 18.8 Å². The van der Waals surface area contributed by atoms with Gasteiger partial charge in [0.05, 0.1) is 5.60 Å². The number of carboxylic acids is 1. The van der Waals surface area contributed by atoms with Gasteiger partial charge in [-0.05, 0) is 30.0 Å². The first kappa shape index (κ1) is 16.4. The predicted octanol–water partition coefficient (Wildman–Crippen LogP) is 1.77. The number of anilines is 1. The van der Waals surface area contributed by atoms with E-state index in [4.69, 9.17) is 5.73 Å². The molecule has 24 heavy (non-hydrogen) atoms. The zero-order valence-electron chi connectivity index (χ0n) is 13.3. The third-order valence-corrected chi connectivity index (χ3v) is 4.66. The maximum absolute atomic E-state index is 11.8. The molecule has 0 amide bonds. The number of hydrogen-bond donors (Lipinski definition) is 3. The fourth-order valence-corrected chi connectivity index (χ4v) is 3.28. The maximum atomic E-state index is 11.8. The third kappa shape index (κ3) is 3.25. The van der Waals surface area contributed by atoms with E-state index < -0.39 is 17.6 Å². The molecule has 1 aliphatic heterocycles. The number of aliphatic carboxylic acids is 1. The number of nitrogen functional groups attached to an aromatic ring is 1. The van der Waals surface area contributed by atoms with Crippen LogP contribution in [0.2, 0.25) is 0 Å². The number of aliphatic hydroxyl groups is 1. The van der Waals surface area contributed by atoms with Crippen LogP contribution >= 0.6 is 0 Å². The molecule has 6 heteroatoms. The van der Waals surface area contributed by atoms with Crippen molar-refractivity contribution in [3.63, 3.8) is 0 Å². The SMILES string of the molecule is Nc1ccc([C@@H](C(=O)O)N2CCC(O)(c3ccccc3)CC2)cn1. The summed E-state index contributed by atoms with van der Waals surface area (Å²) in [6, 6.07) is 12.1. The minimum absolute atomic E-state index is 0.361. The zero-order valence-corrected chi connectivity index (χ0v) is 13.3. The summed E-state index contributed by atoms with van der Waals surface area (Å²) >= 11 is 0. The molecular formula is C18H21N3O3. The number of aromatic nitrogens is 1. The van der Waals surface area contributed by atoms with Gasteiger partial charge in [-0.3, -0.25) is 9.69 Å². The summed E-state index contributed by atoms with van der Waals surface area (Å²) in [4.78, 5) is 17.6. The molecule has 3 rings (SSSR count). The Kier molecular flexibility index (Phi) is 4.51. The van der Waals surface area contributed by atoms with Crippen molar-refractivity contribution in [2.24, 2.45) is 0 Å². The van der Waals surface area contributed by atoms with Crippen molar-refractivity contribution in [1.29, 1.82) is 0 Å². The Morgan fingerprint density at radius 3 is 2.38 bits per heavy atom. The van der Waals surface area contributed by atoms with E-state index in [-0.39, 0.29) is 0 Å². The van der Waals surface area contributed by atoms with Crippen molar-refractivity contribution in [2.45, 2.75) is 24.5 Å². The summed E-state index contributed by atoms with van der Waals surface area (Å²) in [6.07, 6.45) is 2.48. The number of pyridine rings is 1. The lowest BCUT2D eigenvalue weighted by Crippen LogP contribution is -2.46. The van der Waals surface area contributed by atoms with E-state index in [1.54, 1.807) is 12.1 Å². The maximum Gasteiger partial charge on any atom is 0.325 e. The molecule has 0 aliphatic carbocycles. The summed E-state index contributed by atoms with van der Waals surface area (Å²) in [7, 11) is 0. The molecule has 1 aromatic heterocycles. The highest BCUT2D eigenvalue weighted by molar-refractivity contribution is 5.75. The predicted molar refractivity (Wildman–Crippen MR) is 90.2 cm³/mol. The van der Waals surface area contributed by atoms with Crippen molar-refractivity contribution >= 4 is 11.8 Å². The van der Waals surface area contributed by atoms with E-state index in [9.17, 15) is 15.0 Å². The molecule has 1 aromatic carbocycles. The van der Waals surface area contributed by atoms with Gasteiger partial charge in [-0.15, -0.1) is 0 Å². The number of piperidine rings is 1. The van der Waals surface area contributed by atoms with E-state index in [2.05, 4.69) is 4.98 Å². The van der Waals surface area contributed by atoms with Crippen LogP contribution in [-0.2, 0) is 10.4 Å². The molecule has 0 saturated carbocycles. The Bertz CT molecular complexity index is 695. The lowest BCUT2D eigenvalue weighted by Gasteiger charge is -2.40. The normalized spacial score (nSPS) is 18.9. The number of rotatable bonds is 4. The van der Waals surface area contributed by atoms with Gasteiger partial charge in [0.1, 0.15) is 11.9 Å². The van der Waals surface area contributed by atoms with Gasteiger partial charge in [0.25, 0.3) is 0 Å². The van der Waals surface area contributed by atoms with Crippen LogP contribution in [0.4, 0.5) is 5.82 Å². The van der Waals surface area contributed by atoms with Gasteiger partial charge in [-0.2, -0.15) is 0 Å². The van der Waals surface area contributed by atoms with Gasteiger partial charge < -0.3 is 15.9 Å². The average molecular weight is 327 g/mol. The Balaban J connectivity index is 1.76. The number of likely N-dealkylation sites (tertiary alicyclic amines) is 1. The van der Waals surface area contributed by atoms with Crippen LogP contribution in [0.5, 0.6) is 0 Å². The van der Waals surface area contributed by atoms with Crippen LogP contribution in [0, 0.1) is 0 Å². The molecule has 1 atom stereocenters. The largest absolute Gasteiger partial charge is 0.480 e. The molecule has 4 N–H and O–H groups in total. The molecule has 0 bridgehead atoms. The van der Waals surface area contributed by atoms with Crippen LogP contribution in [-0.4, -0.2) is 39.2 Å². The van der Waals surface area contributed by atoms with E-state index >= 15 is 0 Å². The summed E-state index contributed by atoms with van der Waals surface area (Å²) in [6.45, 7) is 0.986. The molecule has 2 heterocycles. The van der Waals surface area contributed by atoms with Crippen LogP contribution < -0.4 is 5.73 Å². The van der Waals surface area contributed by atoms with Crippen LogP contribution in [0.3, 0.4) is 0 Å². The third-order valence-electron chi connectivity index (χ3n) is 4.66. The number of benzene rings is 1. The molecule has 0 radical (unpaired) electrons. The topological polar surface area (TPSA) is 99.7 Å². The number of nitrogens with zero attached hydrogens (tertiary/aromatic N) is 2. The first-order chi connectivity index (χ1) is 11.5. The van der Waals surface area contributed by atoms with Crippen molar-refractivity contribution < 1.29 is 15.0 Å².